The number of rotatable bonds is 1. The van der Waals surface area contributed by atoms with Crippen LogP contribution in [-0.4, -0.2) is 11.5 Å². The molecule has 0 unspecified atom stereocenters. The zero-order valence-corrected chi connectivity index (χ0v) is 10.8. The first-order valence-electron chi connectivity index (χ1n) is 5.88. The Balaban J connectivity index is 1.83. The molecule has 0 saturated heterocycles. The Hall–Kier alpha value is -1.56. The van der Waals surface area contributed by atoms with Crippen LogP contribution in [-0.2, 0) is 19.1 Å². The normalized spacial score (nSPS) is 15.4. The lowest BCUT2D eigenvalue weighted by Gasteiger charge is -2.28. The molecule has 0 saturated carbocycles. The highest BCUT2D eigenvalue weighted by molar-refractivity contribution is 7.13. The van der Waals surface area contributed by atoms with Crippen molar-refractivity contribution < 1.29 is 13.2 Å². The van der Waals surface area contributed by atoms with E-state index in [1.807, 2.05) is 23.1 Å². The Morgan fingerprint density at radius 3 is 2.58 bits per heavy atom. The first kappa shape index (κ1) is 12.5. The predicted octanol–water partition coefficient (Wildman–Crippen LogP) is 3.72. The van der Waals surface area contributed by atoms with Crippen LogP contribution in [0.25, 0.3) is 0 Å². The molecule has 0 bridgehead atoms. The summed E-state index contributed by atoms with van der Waals surface area (Å²) < 4.78 is 37.6. The number of alkyl halides is 3. The lowest BCUT2D eigenvalue weighted by atomic mass is 10.0. The van der Waals surface area contributed by atoms with Gasteiger partial charge in [-0.1, -0.05) is 24.3 Å². The molecule has 6 heteroatoms. The van der Waals surface area contributed by atoms with Gasteiger partial charge in [0.25, 0.3) is 0 Å². The Morgan fingerprint density at radius 1 is 1.16 bits per heavy atom. The molecule has 1 aliphatic heterocycles. The molecule has 2 nitrogen and oxygen atoms in total. The summed E-state index contributed by atoms with van der Waals surface area (Å²) in [4.78, 5) is 5.60. The first-order chi connectivity index (χ1) is 9.04. The van der Waals surface area contributed by atoms with Crippen molar-refractivity contribution in [1.82, 2.24) is 4.98 Å². The monoisotopic (exact) mass is 284 g/mol. The van der Waals surface area contributed by atoms with Crippen LogP contribution in [0, 0.1) is 0 Å². The minimum Gasteiger partial charge on any atom is -0.343 e. The molecule has 0 atom stereocenters. The molecule has 2 heterocycles. The van der Waals surface area contributed by atoms with Crippen molar-refractivity contribution in [2.75, 3.05) is 11.4 Å². The second kappa shape index (κ2) is 4.52. The topological polar surface area (TPSA) is 16.1 Å². The fraction of sp³-hybridized carbons (Fsp3) is 0.308. The number of fused-ring (bicyclic) bond motifs is 1. The Labute approximate surface area is 112 Å². The van der Waals surface area contributed by atoms with Crippen molar-refractivity contribution in [2.24, 2.45) is 0 Å². The molecule has 1 aromatic carbocycles. The number of thiazole rings is 1. The van der Waals surface area contributed by atoms with Gasteiger partial charge < -0.3 is 4.90 Å². The molecule has 1 aromatic heterocycles. The molecule has 0 N–H and O–H groups in total. The number of hydrogen-bond acceptors (Lipinski definition) is 3. The van der Waals surface area contributed by atoms with Gasteiger partial charge in [-0.15, -0.1) is 11.3 Å². The summed E-state index contributed by atoms with van der Waals surface area (Å²) in [5.41, 5.74) is 1.63. The van der Waals surface area contributed by atoms with E-state index < -0.39 is 11.9 Å². The summed E-state index contributed by atoms with van der Waals surface area (Å²) in [5, 5.41) is 1.53. The minimum atomic E-state index is -4.36. The molecule has 0 aliphatic carbocycles. The molecule has 3 rings (SSSR count). The average molecular weight is 284 g/mol. The molecule has 19 heavy (non-hydrogen) atoms. The van der Waals surface area contributed by atoms with E-state index >= 15 is 0 Å². The third-order valence-corrected chi connectivity index (χ3v) is 4.09. The van der Waals surface area contributed by atoms with Gasteiger partial charge in [0.05, 0.1) is 0 Å². The van der Waals surface area contributed by atoms with Crippen molar-refractivity contribution in [1.29, 1.82) is 0 Å². The summed E-state index contributed by atoms with van der Waals surface area (Å²) in [7, 11) is 0. The average Bonchev–Trinajstić information content (AvgIpc) is 2.87. The lowest BCUT2D eigenvalue weighted by Crippen LogP contribution is -2.30. The van der Waals surface area contributed by atoms with E-state index in [0.717, 1.165) is 28.7 Å². The van der Waals surface area contributed by atoms with Gasteiger partial charge in [-0.25, -0.2) is 4.98 Å². The van der Waals surface area contributed by atoms with Crippen molar-refractivity contribution in [3.63, 3.8) is 0 Å². The summed E-state index contributed by atoms with van der Waals surface area (Å²) in [6.45, 7) is 1.34. The van der Waals surface area contributed by atoms with Gasteiger partial charge in [0.15, 0.2) is 10.8 Å². The maximum Gasteiger partial charge on any atom is 0.434 e. The highest BCUT2D eigenvalue weighted by Gasteiger charge is 2.34. The molecule has 100 valence electrons. The number of anilines is 1. The van der Waals surface area contributed by atoms with Crippen LogP contribution in [0.1, 0.15) is 16.8 Å². The van der Waals surface area contributed by atoms with Crippen molar-refractivity contribution in [3.05, 3.63) is 46.5 Å². The smallest absolute Gasteiger partial charge is 0.343 e. The largest absolute Gasteiger partial charge is 0.434 e. The molecular weight excluding hydrogens is 273 g/mol. The molecule has 0 amide bonds. The van der Waals surface area contributed by atoms with E-state index in [1.54, 1.807) is 0 Å². The zero-order valence-electron chi connectivity index (χ0n) is 9.94. The maximum absolute atomic E-state index is 12.5. The summed E-state index contributed by atoms with van der Waals surface area (Å²) in [6.07, 6.45) is -3.51. The highest BCUT2D eigenvalue weighted by Crippen LogP contribution is 2.34. The van der Waals surface area contributed by atoms with Gasteiger partial charge in [0.2, 0.25) is 0 Å². The van der Waals surface area contributed by atoms with Gasteiger partial charge in [-0.2, -0.15) is 13.2 Å². The van der Waals surface area contributed by atoms with Crippen LogP contribution in [0.4, 0.5) is 18.3 Å². The summed E-state index contributed by atoms with van der Waals surface area (Å²) in [6, 6.07) is 8.01. The SMILES string of the molecule is FC(F)(F)c1csc(N2CCc3ccccc3C2)n1. The molecule has 0 fully saturated rings. The molecule has 1 aliphatic rings. The minimum absolute atomic E-state index is 0.446. The third kappa shape index (κ3) is 2.45. The van der Waals surface area contributed by atoms with Crippen molar-refractivity contribution in [2.45, 2.75) is 19.1 Å². The lowest BCUT2D eigenvalue weighted by molar-refractivity contribution is -0.140. The van der Waals surface area contributed by atoms with E-state index in [-0.39, 0.29) is 0 Å². The van der Waals surface area contributed by atoms with E-state index in [9.17, 15) is 13.2 Å². The highest BCUT2D eigenvalue weighted by atomic mass is 32.1. The molecule has 2 aromatic rings. The first-order valence-corrected chi connectivity index (χ1v) is 6.76. The van der Waals surface area contributed by atoms with E-state index in [1.165, 1.54) is 5.56 Å². The molecule has 0 radical (unpaired) electrons. The second-order valence-corrected chi connectivity index (χ2v) is 5.29. The maximum atomic E-state index is 12.5. The van der Waals surface area contributed by atoms with Gasteiger partial charge in [-0.05, 0) is 17.5 Å². The van der Waals surface area contributed by atoms with Crippen LogP contribution >= 0.6 is 11.3 Å². The van der Waals surface area contributed by atoms with E-state index in [2.05, 4.69) is 11.1 Å². The number of hydrogen-bond donors (Lipinski definition) is 0. The van der Waals surface area contributed by atoms with Gasteiger partial charge in [0, 0.05) is 18.5 Å². The van der Waals surface area contributed by atoms with Gasteiger partial charge >= 0.3 is 6.18 Å². The second-order valence-electron chi connectivity index (χ2n) is 4.45. The number of benzene rings is 1. The van der Waals surface area contributed by atoms with E-state index in [0.29, 0.717) is 18.2 Å². The molecular formula is C13H11F3N2S. The van der Waals surface area contributed by atoms with Crippen LogP contribution in [0.15, 0.2) is 29.6 Å². The van der Waals surface area contributed by atoms with Crippen molar-refractivity contribution in [3.8, 4) is 0 Å². The van der Waals surface area contributed by atoms with Crippen molar-refractivity contribution >= 4 is 16.5 Å². The number of aromatic nitrogens is 1. The van der Waals surface area contributed by atoms with Crippen LogP contribution < -0.4 is 4.90 Å². The standard InChI is InChI=1S/C13H11F3N2S/c14-13(15,16)11-8-19-12(17-11)18-6-5-9-3-1-2-4-10(9)7-18/h1-4,8H,5-7H2. The third-order valence-electron chi connectivity index (χ3n) is 3.18. The molecule has 0 spiro atoms. The van der Waals surface area contributed by atoms with E-state index in [4.69, 9.17) is 0 Å². The van der Waals surface area contributed by atoms with Crippen LogP contribution in [0.3, 0.4) is 0 Å². The quantitative estimate of drug-likeness (QED) is 0.793. The van der Waals surface area contributed by atoms with Gasteiger partial charge in [-0.3, -0.25) is 0 Å². The Kier molecular flexibility index (Phi) is 2.97. The van der Waals surface area contributed by atoms with Crippen LogP contribution in [0.5, 0.6) is 0 Å². The number of halogens is 3. The fourth-order valence-electron chi connectivity index (χ4n) is 2.20. The van der Waals surface area contributed by atoms with Crippen LogP contribution in [0.2, 0.25) is 0 Å². The van der Waals surface area contributed by atoms with Gasteiger partial charge in [0.1, 0.15) is 0 Å². The fourth-order valence-corrected chi connectivity index (χ4v) is 3.06. The number of nitrogens with zero attached hydrogens (tertiary/aromatic N) is 2. The summed E-state index contributed by atoms with van der Waals surface area (Å²) in [5.74, 6) is 0. The summed E-state index contributed by atoms with van der Waals surface area (Å²) >= 11 is 1.05. The Bertz CT molecular complexity index is 592. The predicted molar refractivity (Wildman–Crippen MR) is 68.3 cm³/mol. The zero-order chi connectivity index (χ0) is 13.5. The Morgan fingerprint density at radius 2 is 1.89 bits per heavy atom.